The third-order valence-electron chi connectivity index (χ3n) is 4.61. The standard InChI is InChI=1S/C16H27N3/c1-13-5-4-6-16(8-13,12-17)19(3)11-15-7-14(2)9-18-10-15/h7,9-10,13H,4-6,8,11-12,17H2,1-3H3. The van der Waals surface area contributed by atoms with Crippen molar-refractivity contribution in [3.8, 4) is 0 Å². The average molecular weight is 261 g/mol. The summed E-state index contributed by atoms with van der Waals surface area (Å²) in [6.07, 6.45) is 8.98. The van der Waals surface area contributed by atoms with Crippen molar-refractivity contribution in [2.24, 2.45) is 11.7 Å². The number of nitrogens with zero attached hydrogens (tertiary/aromatic N) is 2. The number of hydrogen-bond donors (Lipinski definition) is 1. The van der Waals surface area contributed by atoms with E-state index < -0.39 is 0 Å². The van der Waals surface area contributed by atoms with Crippen molar-refractivity contribution in [1.29, 1.82) is 0 Å². The lowest BCUT2D eigenvalue weighted by atomic mass is 9.75. The summed E-state index contributed by atoms with van der Waals surface area (Å²) in [7, 11) is 2.22. The molecule has 0 aromatic carbocycles. The summed E-state index contributed by atoms with van der Waals surface area (Å²) in [5, 5.41) is 0. The monoisotopic (exact) mass is 261 g/mol. The highest BCUT2D eigenvalue weighted by atomic mass is 15.2. The van der Waals surface area contributed by atoms with Gasteiger partial charge in [-0.2, -0.15) is 0 Å². The van der Waals surface area contributed by atoms with Gasteiger partial charge in [-0.3, -0.25) is 9.88 Å². The zero-order chi connectivity index (χ0) is 13.9. The van der Waals surface area contributed by atoms with Gasteiger partial charge in [-0.05, 0) is 43.9 Å². The number of pyridine rings is 1. The first-order valence-electron chi connectivity index (χ1n) is 7.37. The van der Waals surface area contributed by atoms with Crippen LogP contribution in [0.4, 0.5) is 0 Å². The van der Waals surface area contributed by atoms with E-state index in [-0.39, 0.29) is 5.54 Å². The van der Waals surface area contributed by atoms with Gasteiger partial charge in [0.1, 0.15) is 0 Å². The van der Waals surface area contributed by atoms with Crippen molar-refractivity contribution in [3.05, 3.63) is 29.6 Å². The summed E-state index contributed by atoms with van der Waals surface area (Å²) >= 11 is 0. The van der Waals surface area contributed by atoms with Gasteiger partial charge in [0.2, 0.25) is 0 Å². The Hall–Kier alpha value is -0.930. The molecule has 2 rings (SSSR count). The molecule has 3 nitrogen and oxygen atoms in total. The molecular weight excluding hydrogens is 234 g/mol. The Bertz CT molecular complexity index is 418. The molecule has 2 atom stereocenters. The molecule has 0 spiro atoms. The van der Waals surface area contributed by atoms with Crippen molar-refractivity contribution in [1.82, 2.24) is 9.88 Å². The van der Waals surface area contributed by atoms with Crippen LogP contribution >= 0.6 is 0 Å². The van der Waals surface area contributed by atoms with Gasteiger partial charge in [-0.1, -0.05) is 25.8 Å². The van der Waals surface area contributed by atoms with E-state index in [0.29, 0.717) is 0 Å². The average Bonchev–Trinajstić information content (AvgIpc) is 2.38. The molecule has 1 fully saturated rings. The molecular formula is C16H27N3. The van der Waals surface area contributed by atoms with Crippen molar-refractivity contribution < 1.29 is 0 Å². The summed E-state index contributed by atoms with van der Waals surface area (Å²) in [4.78, 5) is 6.75. The molecule has 19 heavy (non-hydrogen) atoms. The van der Waals surface area contributed by atoms with E-state index in [9.17, 15) is 0 Å². The fourth-order valence-electron chi connectivity index (χ4n) is 3.47. The van der Waals surface area contributed by atoms with Crippen LogP contribution in [-0.2, 0) is 6.54 Å². The van der Waals surface area contributed by atoms with Gasteiger partial charge < -0.3 is 5.73 Å². The van der Waals surface area contributed by atoms with Gasteiger partial charge in [-0.15, -0.1) is 0 Å². The fraction of sp³-hybridized carbons (Fsp3) is 0.688. The Morgan fingerprint density at radius 3 is 2.89 bits per heavy atom. The number of nitrogens with two attached hydrogens (primary N) is 1. The van der Waals surface area contributed by atoms with Gasteiger partial charge in [0.05, 0.1) is 0 Å². The highest BCUT2D eigenvalue weighted by Gasteiger charge is 2.37. The molecule has 0 aliphatic heterocycles. The largest absolute Gasteiger partial charge is 0.329 e. The third-order valence-corrected chi connectivity index (χ3v) is 4.61. The van der Waals surface area contributed by atoms with Crippen LogP contribution in [0, 0.1) is 12.8 Å². The molecule has 0 amide bonds. The van der Waals surface area contributed by atoms with E-state index in [4.69, 9.17) is 5.73 Å². The summed E-state index contributed by atoms with van der Waals surface area (Å²) in [6.45, 7) is 6.15. The predicted molar refractivity (Wildman–Crippen MR) is 79.9 cm³/mol. The minimum Gasteiger partial charge on any atom is -0.329 e. The van der Waals surface area contributed by atoms with Gasteiger partial charge in [0.25, 0.3) is 0 Å². The topological polar surface area (TPSA) is 42.2 Å². The van der Waals surface area contributed by atoms with Gasteiger partial charge in [0, 0.05) is 31.0 Å². The quantitative estimate of drug-likeness (QED) is 0.906. The Kier molecular flexibility index (Phi) is 4.58. The smallest absolute Gasteiger partial charge is 0.0334 e. The van der Waals surface area contributed by atoms with Crippen LogP contribution in [0.2, 0.25) is 0 Å². The first kappa shape index (κ1) is 14.5. The van der Waals surface area contributed by atoms with Crippen LogP contribution in [0.1, 0.15) is 43.7 Å². The summed E-state index contributed by atoms with van der Waals surface area (Å²) < 4.78 is 0. The van der Waals surface area contributed by atoms with Crippen LogP contribution in [0.15, 0.2) is 18.5 Å². The highest BCUT2D eigenvalue weighted by Crippen LogP contribution is 2.36. The van der Waals surface area contributed by atoms with E-state index in [1.54, 1.807) is 0 Å². The lowest BCUT2D eigenvalue weighted by Crippen LogP contribution is -2.54. The van der Waals surface area contributed by atoms with Crippen LogP contribution in [0.5, 0.6) is 0 Å². The SMILES string of the molecule is Cc1cncc(CN(C)C2(CN)CCCC(C)C2)c1. The number of rotatable bonds is 4. The van der Waals surface area contributed by atoms with Gasteiger partial charge in [0.15, 0.2) is 0 Å². The van der Waals surface area contributed by atoms with Gasteiger partial charge >= 0.3 is 0 Å². The molecule has 2 unspecified atom stereocenters. The molecule has 1 aliphatic rings. The Balaban J connectivity index is 2.10. The van der Waals surface area contributed by atoms with Crippen LogP contribution < -0.4 is 5.73 Å². The molecule has 1 saturated carbocycles. The van der Waals surface area contributed by atoms with Crippen LogP contribution in [0.25, 0.3) is 0 Å². The van der Waals surface area contributed by atoms with Crippen LogP contribution in [-0.4, -0.2) is 29.0 Å². The normalized spacial score (nSPS) is 27.7. The molecule has 1 aromatic rings. The number of hydrogen-bond acceptors (Lipinski definition) is 3. The fourth-order valence-corrected chi connectivity index (χ4v) is 3.47. The molecule has 1 aromatic heterocycles. The number of aryl methyl sites for hydroxylation is 1. The lowest BCUT2D eigenvalue weighted by molar-refractivity contribution is 0.0553. The van der Waals surface area contributed by atoms with E-state index in [2.05, 4.69) is 36.8 Å². The van der Waals surface area contributed by atoms with Crippen molar-refractivity contribution in [3.63, 3.8) is 0 Å². The summed E-state index contributed by atoms with van der Waals surface area (Å²) in [6, 6.07) is 2.22. The maximum absolute atomic E-state index is 6.13. The first-order valence-corrected chi connectivity index (χ1v) is 7.37. The molecule has 0 saturated heterocycles. The zero-order valence-corrected chi connectivity index (χ0v) is 12.5. The van der Waals surface area contributed by atoms with E-state index in [1.807, 2.05) is 12.4 Å². The summed E-state index contributed by atoms with van der Waals surface area (Å²) in [5.41, 5.74) is 8.82. The minimum absolute atomic E-state index is 0.182. The zero-order valence-electron chi connectivity index (χ0n) is 12.5. The van der Waals surface area contributed by atoms with Crippen molar-refractivity contribution in [2.75, 3.05) is 13.6 Å². The maximum atomic E-state index is 6.13. The molecule has 3 heteroatoms. The van der Waals surface area contributed by atoms with Crippen molar-refractivity contribution >= 4 is 0 Å². The predicted octanol–water partition coefficient (Wildman–Crippen LogP) is 2.73. The summed E-state index contributed by atoms with van der Waals surface area (Å²) in [5.74, 6) is 0.787. The molecule has 1 aliphatic carbocycles. The number of likely N-dealkylation sites (N-methyl/N-ethyl adjacent to an activating group) is 1. The Morgan fingerprint density at radius 2 is 2.26 bits per heavy atom. The van der Waals surface area contributed by atoms with E-state index in [0.717, 1.165) is 19.0 Å². The van der Waals surface area contributed by atoms with E-state index in [1.165, 1.54) is 36.8 Å². The molecule has 0 radical (unpaired) electrons. The second kappa shape index (κ2) is 6.02. The highest BCUT2D eigenvalue weighted by molar-refractivity contribution is 5.17. The van der Waals surface area contributed by atoms with Crippen molar-refractivity contribution in [2.45, 2.75) is 51.6 Å². The van der Waals surface area contributed by atoms with E-state index >= 15 is 0 Å². The second-order valence-corrected chi connectivity index (χ2v) is 6.36. The molecule has 106 valence electrons. The van der Waals surface area contributed by atoms with Crippen LogP contribution in [0.3, 0.4) is 0 Å². The maximum Gasteiger partial charge on any atom is 0.0334 e. The number of aromatic nitrogens is 1. The molecule has 2 N–H and O–H groups in total. The molecule has 0 bridgehead atoms. The van der Waals surface area contributed by atoms with Gasteiger partial charge in [-0.25, -0.2) is 0 Å². The Labute approximate surface area is 117 Å². The third kappa shape index (κ3) is 3.34. The Morgan fingerprint density at radius 1 is 1.47 bits per heavy atom. The second-order valence-electron chi connectivity index (χ2n) is 6.36. The minimum atomic E-state index is 0.182. The molecule has 1 heterocycles. The lowest BCUT2D eigenvalue weighted by Gasteiger charge is -2.46. The first-order chi connectivity index (χ1) is 9.05.